The van der Waals surface area contributed by atoms with Crippen LogP contribution in [0.2, 0.25) is 0 Å². The zero-order valence-electron chi connectivity index (χ0n) is 11.8. The molecule has 1 fully saturated rings. The number of terminal acetylenes is 1. The van der Waals surface area contributed by atoms with Crippen LogP contribution in [0.4, 0.5) is 0 Å². The van der Waals surface area contributed by atoms with Gasteiger partial charge in [-0.25, -0.2) is 0 Å². The fraction of sp³-hybridized carbons (Fsp3) is 0.625. The van der Waals surface area contributed by atoms with Gasteiger partial charge in [0, 0.05) is 18.7 Å². The predicted octanol–water partition coefficient (Wildman–Crippen LogP) is 2.62. The summed E-state index contributed by atoms with van der Waals surface area (Å²) in [6, 6.07) is 2.07. The Balaban J connectivity index is 1.88. The first-order valence-corrected chi connectivity index (χ1v) is 7.25. The van der Waals surface area contributed by atoms with E-state index in [0.29, 0.717) is 0 Å². The molecular weight excluding hydrogens is 236 g/mol. The van der Waals surface area contributed by atoms with E-state index in [1.165, 1.54) is 18.4 Å². The van der Waals surface area contributed by atoms with Crippen LogP contribution in [-0.4, -0.2) is 24.5 Å². The second-order valence-corrected chi connectivity index (χ2v) is 5.36. The Morgan fingerprint density at radius 2 is 2.37 bits per heavy atom. The lowest BCUT2D eigenvalue weighted by Gasteiger charge is -2.19. The average Bonchev–Trinajstić information content (AvgIpc) is 3.10. The maximum absolute atomic E-state index is 5.57. The van der Waals surface area contributed by atoms with Crippen LogP contribution in [0.25, 0.3) is 0 Å². The van der Waals surface area contributed by atoms with E-state index >= 15 is 0 Å². The highest BCUT2D eigenvalue weighted by molar-refractivity contribution is 5.17. The second kappa shape index (κ2) is 7.37. The first-order valence-electron chi connectivity index (χ1n) is 7.25. The molecule has 2 rings (SSSR count). The first kappa shape index (κ1) is 14.2. The summed E-state index contributed by atoms with van der Waals surface area (Å²) in [5.41, 5.74) is 1.26. The van der Waals surface area contributed by atoms with Gasteiger partial charge in [0.05, 0.1) is 19.4 Å². The fourth-order valence-electron chi connectivity index (χ4n) is 2.26. The van der Waals surface area contributed by atoms with E-state index in [4.69, 9.17) is 10.8 Å². The zero-order valence-corrected chi connectivity index (χ0v) is 11.8. The van der Waals surface area contributed by atoms with Gasteiger partial charge in [0.1, 0.15) is 5.76 Å². The number of furan rings is 1. The third-order valence-corrected chi connectivity index (χ3v) is 3.47. The molecular formula is C16H24N2O. The van der Waals surface area contributed by atoms with E-state index in [9.17, 15) is 0 Å². The van der Waals surface area contributed by atoms with Crippen molar-refractivity contribution in [2.75, 3.05) is 19.6 Å². The molecule has 0 saturated heterocycles. The molecule has 0 bridgehead atoms. The molecule has 19 heavy (non-hydrogen) atoms. The van der Waals surface area contributed by atoms with Gasteiger partial charge in [-0.15, -0.1) is 6.42 Å². The molecule has 0 aliphatic heterocycles. The highest BCUT2D eigenvalue weighted by Gasteiger charge is 2.24. The number of hydrogen-bond donors (Lipinski definition) is 1. The van der Waals surface area contributed by atoms with Crippen LogP contribution in [0.5, 0.6) is 0 Å². The number of rotatable bonds is 9. The number of hydrogen-bond acceptors (Lipinski definition) is 3. The van der Waals surface area contributed by atoms with Gasteiger partial charge in [0.2, 0.25) is 0 Å². The van der Waals surface area contributed by atoms with Crippen LogP contribution in [0.3, 0.4) is 0 Å². The molecule has 0 amide bonds. The molecule has 0 radical (unpaired) electrons. The van der Waals surface area contributed by atoms with E-state index in [-0.39, 0.29) is 0 Å². The minimum atomic E-state index is 0.726. The van der Waals surface area contributed by atoms with Crippen molar-refractivity contribution in [2.45, 2.75) is 39.3 Å². The Morgan fingerprint density at radius 1 is 1.53 bits per heavy atom. The topological polar surface area (TPSA) is 28.4 Å². The highest BCUT2D eigenvalue weighted by Crippen LogP contribution is 2.30. The summed E-state index contributed by atoms with van der Waals surface area (Å²) in [5.74, 6) is 4.68. The SMILES string of the molecule is C#CCN(Cc1ccoc1CNCCC)CC1CC1. The summed E-state index contributed by atoms with van der Waals surface area (Å²) in [7, 11) is 0. The molecule has 1 aliphatic carbocycles. The predicted molar refractivity (Wildman–Crippen MR) is 77.5 cm³/mol. The lowest BCUT2D eigenvalue weighted by molar-refractivity contribution is 0.283. The summed E-state index contributed by atoms with van der Waals surface area (Å²) < 4.78 is 5.57. The molecule has 1 aromatic rings. The van der Waals surface area contributed by atoms with Gasteiger partial charge >= 0.3 is 0 Å². The van der Waals surface area contributed by atoms with E-state index in [1.807, 2.05) is 0 Å². The van der Waals surface area contributed by atoms with Gasteiger partial charge in [0.15, 0.2) is 0 Å². The van der Waals surface area contributed by atoms with Crippen molar-refractivity contribution >= 4 is 0 Å². The van der Waals surface area contributed by atoms with Crippen molar-refractivity contribution in [2.24, 2.45) is 5.92 Å². The minimum Gasteiger partial charge on any atom is -0.468 e. The van der Waals surface area contributed by atoms with Crippen LogP contribution >= 0.6 is 0 Å². The lowest BCUT2D eigenvalue weighted by atomic mass is 10.2. The molecule has 1 aromatic heterocycles. The third-order valence-electron chi connectivity index (χ3n) is 3.47. The van der Waals surface area contributed by atoms with Gasteiger partial charge in [-0.2, -0.15) is 0 Å². The van der Waals surface area contributed by atoms with Crippen molar-refractivity contribution in [1.29, 1.82) is 0 Å². The number of nitrogens with one attached hydrogen (secondary N) is 1. The lowest BCUT2D eigenvalue weighted by Crippen LogP contribution is -2.26. The second-order valence-electron chi connectivity index (χ2n) is 5.36. The smallest absolute Gasteiger partial charge is 0.122 e. The minimum absolute atomic E-state index is 0.726. The van der Waals surface area contributed by atoms with Gasteiger partial charge < -0.3 is 9.73 Å². The molecule has 0 spiro atoms. The van der Waals surface area contributed by atoms with Gasteiger partial charge in [-0.3, -0.25) is 4.90 Å². The Labute approximate surface area is 116 Å². The van der Waals surface area contributed by atoms with Crippen molar-refractivity contribution in [1.82, 2.24) is 10.2 Å². The maximum Gasteiger partial charge on any atom is 0.122 e. The Kier molecular flexibility index (Phi) is 5.50. The van der Waals surface area contributed by atoms with Crippen LogP contribution < -0.4 is 5.32 Å². The summed E-state index contributed by atoms with van der Waals surface area (Å²) in [6.45, 7) is 6.75. The standard InChI is InChI=1S/C16H24N2O/c1-3-8-17-11-16-15(7-10-19-16)13-18(9-4-2)12-14-5-6-14/h2,7,10,14,17H,3,5-6,8-9,11-13H2,1H3. The van der Waals surface area contributed by atoms with Crippen LogP contribution in [0.15, 0.2) is 16.7 Å². The van der Waals surface area contributed by atoms with E-state index in [2.05, 4.69) is 29.1 Å². The van der Waals surface area contributed by atoms with Gasteiger partial charge in [-0.05, 0) is 37.8 Å². The molecule has 104 valence electrons. The molecule has 1 saturated carbocycles. The number of nitrogens with zero attached hydrogens (tertiary/aromatic N) is 1. The molecule has 3 heteroatoms. The van der Waals surface area contributed by atoms with Crippen LogP contribution in [0, 0.1) is 18.3 Å². The maximum atomic E-state index is 5.57. The molecule has 0 unspecified atom stereocenters. The van der Waals surface area contributed by atoms with Crippen LogP contribution in [-0.2, 0) is 13.1 Å². The normalized spacial score (nSPS) is 14.8. The van der Waals surface area contributed by atoms with E-state index in [1.54, 1.807) is 6.26 Å². The largest absolute Gasteiger partial charge is 0.468 e. The van der Waals surface area contributed by atoms with Crippen molar-refractivity contribution in [3.8, 4) is 12.3 Å². The quantitative estimate of drug-likeness (QED) is 0.546. The molecule has 3 nitrogen and oxygen atoms in total. The Hall–Kier alpha value is -1.24. The highest BCUT2D eigenvalue weighted by atomic mass is 16.3. The molecule has 0 aromatic carbocycles. The van der Waals surface area contributed by atoms with E-state index in [0.717, 1.165) is 50.8 Å². The zero-order chi connectivity index (χ0) is 13.5. The van der Waals surface area contributed by atoms with Gasteiger partial charge in [0.25, 0.3) is 0 Å². The van der Waals surface area contributed by atoms with Crippen LogP contribution in [0.1, 0.15) is 37.5 Å². The monoisotopic (exact) mass is 260 g/mol. The third kappa shape index (κ3) is 4.74. The average molecular weight is 260 g/mol. The van der Waals surface area contributed by atoms with Crippen molar-refractivity contribution < 1.29 is 4.42 Å². The summed E-state index contributed by atoms with van der Waals surface area (Å²) >= 11 is 0. The van der Waals surface area contributed by atoms with Crippen molar-refractivity contribution in [3.05, 3.63) is 23.7 Å². The first-order chi connectivity index (χ1) is 9.33. The Bertz CT molecular complexity index is 415. The fourth-order valence-corrected chi connectivity index (χ4v) is 2.26. The van der Waals surface area contributed by atoms with Gasteiger partial charge in [-0.1, -0.05) is 12.8 Å². The molecule has 0 atom stereocenters. The summed E-state index contributed by atoms with van der Waals surface area (Å²) in [6.07, 6.45) is 11.1. The molecule has 1 N–H and O–H groups in total. The summed E-state index contributed by atoms with van der Waals surface area (Å²) in [4.78, 5) is 2.35. The molecule has 1 aliphatic rings. The Morgan fingerprint density at radius 3 is 3.05 bits per heavy atom. The van der Waals surface area contributed by atoms with Crippen molar-refractivity contribution in [3.63, 3.8) is 0 Å². The summed E-state index contributed by atoms with van der Waals surface area (Å²) in [5, 5.41) is 3.38. The molecule has 1 heterocycles. The van der Waals surface area contributed by atoms with E-state index < -0.39 is 0 Å².